The SMILES string of the molecule is O=C(NCc1ccc(CNS(=O)(=O)c2ccc(F)c(F)c2)cc1)c1cnc2ccncn12. The molecule has 0 bridgehead atoms. The standard InChI is InChI=1S/C21H17F2N5O3S/c22-17-6-5-16(9-18(17)23)32(30,31)27-11-15-3-1-14(2-4-15)10-26-21(29)19-12-25-20-7-8-24-13-28(19)20/h1-9,12-13,27H,10-11H2,(H,26,29). The van der Waals surface area contributed by atoms with Gasteiger partial charge in [0.15, 0.2) is 11.6 Å². The van der Waals surface area contributed by atoms with Crippen molar-refractivity contribution in [2.24, 2.45) is 0 Å². The Morgan fingerprint density at radius 1 is 0.969 bits per heavy atom. The summed E-state index contributed by atoms with van der Waals surface area (Å²) >= 11 is 0. The number of sulfonamides is 1. The molecule has 0 atom stereocenters. The van der Waals surface area contributed by atoms with E-state index in [0.29, 0.717) is 23.0 Å². The number of nitrogens with zero attached hydrogens (tertiary/aromatic N) is 3. The molecule has 4 aromatic rings. The van der Waals surface area contributed by atoms with Gasteiger partial charge in [-0.3, -0.25) is 9.20 Å². The number of fused-ring (bicyclic) bond motifs is 1. The van der Waals surface area contributed by atoms with Crippen LogP contribution in [0.1, 0.15) is 21.6 Å². The fraction of sp³-hybridized carbons (Fsp3) is 0.0952. The number of benzene rings is 2. The van der Waals surface area contributed by atoms with Crippen molar-refractivity contribution in [2.45, 2.75) is 18.0 Å². The van der Waals surface area contributed by atoms with Gasteiger partial charge >= 0.3 is 0 Å². The molecule has 2 heterocycles. The van der Waals surface area contributed by atoms with Crippen LogP contribution in [0.5, 0.6) is 0 Å². The second-order valence-corrected chi connectivity index (χ2v) is 8.62. The Balaban J connectivity index is 1.35. The van der Waals surface area contributed by atoms with Gasteiger partial charge in [-0.2, -0.15) is 0 Å². The summed E-state index contributed by atoms with van der Waals surface area (Å²) in [6.45, 7) is 0.218. The minimum atomic E-state index is -4.00. The molecule has 0 fully saturated rings. The highest BCUT2D eigenvalue weighted by Gasteiger charge is 2.16. The van der Waals surface area contributed by atoms with Crippen molar-refractivity contribution in [1.29, 1.82) is 0 Å². The van der Waals surface area contributed by atoms with Crippen molar-refractivity contribution in [3.05, 3.63) is 95.7 Å². The number of halogens is 2. The van der Waals surface area contributed by atoms with Gasteiger partial charge in [0.25, 0.3) is 5.91 Å². The third-order valence-corrected chi connectivity index (χ3v) is 6.09. The summed E-state index contributed by atoms with van der Waals surface area (Å²) < 4.78 is 54.8. The van der Waals surface area contributed by atoms with Crippen molar-refractivity contribution in [3.63, 3.8) is 0 Å². The first-order chi connectivity index (χ1) is 15.3. The number of nitrogens with one attached hydrogen (secondary N) is 2. The number of hydrogen-bond acceptors (Lipinski definition) is 5. The second kappa shape index (κ2) is 8.81. The monoisotopic (exact) mass is 457 g/mol. The zero-order chi connectivity index (χ0) is 22.7. The molecular weight excluding hydrogens is 440 g/mol. The summed E-state index contributed by atoms with van der Waals surface area (Å²) in [7, 11) is -4.00. The van der Waals surface area contributed by atoms with E-state index in [2.05, 4.69) is 20.0 Å². The fourth-order valence-corrected chi connectivity index (χ4v) is 3.99. The van der Waals surface area contributed by atoms with E-state index in [1.165, 1.54) is 12.5 Å². The molecule has 2 N–H and O–H groups in total. The van der Waals surface area contributed by atoms with Gasteiger partial charge in [-0.1, -0.05) is 24.3 Å². The number of carbonyl (C=O) groups is 1. The van der Waals surface area contributed by atoms with Crippen molar-refractivity contribution in [2.75, 3.05) is 0 Å². The predicted octanol–water partition coefficient (Wildman–Crippen LogP) is 2.42. The molecule has 11 heteroatoms. The van der Waals surface area contributed by atoms with E-state index < -0.39 is 21.7 Å². The Morgan fingerprint density at radius 3 is 2.41 bits per heavy atom. The van der Waals surface area contributed by atoms with Crippen LogP contribution in [0.25, 0.3) is 5.65 Å². The Kier molecular flexibility index (Phi) is 5.93. The Morgan fingerprint density at radius 2 is 1.69 bits per heavy atom. The number of hydrogen-bond donors (Lipinski definition) is 2. The Labute approximate surface area is 182 Å². The molecule has 0 radical (unpaired) electrons. The van der Waals surface area contributed by atoms with Crippen LogP contribution in [0.2, 0.25) is 0 Å². The number of rotatable bonds is 7. The van der Waals surface area contributed by atoms with Crippen molar-refractivity contribution in [1.82, 2.24) is 24.4 Å². The zero-order valence-electron chi connectivity index (χ0n) is 16.5. The fourth-order valence-electron chi connectivity index (χ4n) is 2.96. The lowest BCUT2D eigenvalue weighted by atomic mass is 10.1. The van der Waals surface area contributed by atoms with Gasteiger partial charge in [0.05, 0.1) is 11.1 Å². The van der Waals surface area contributed by atoms with Crippen LogP contribution in [0.4, 0.5) is 8.78 Å². The lowest BCUT2D eigenvalue weighted by molar-refractivity contribution is 0.0945. The van der Waals surface area contributed by atoms with Gasteiger partial charge in [-0.05, 0) is 35.4 Å². The molecule has 0 aliphatic carbocycles. The quantitative estimate of drug-likeness (QED) is 0.444. The molecule has 4 rings (SSSR count). The number of aromatic nitrogens is 3. The molecule has 0 saturated carbocycles. The zero-order valence-corrected chi connectivity index (χ0v) is 17.3. The Hall–Kier alpha value is -3.70. The maximum Gasteiger partial charge on any atom is 0.270 e. The lowest BCUT2D eigenvalue weighted by Gasteiger charge is -2.09. The molecule has 0 unspecified atom stereocenters. The molecule has 1 amide bonds. The van der Waals surface area contributed by atoms with E-state index in [-0.39, 0.29) is 23.9 Å². The maximum absolute atomic E-state index is 13.3. The van der Waals surface area contributed by atoms with Crippen LogP contribution in [0.15, 0.2) is 72.1 Å². The smallest absolute Gasteiger partial charge is 0.270 e. The summed E-state index contributed by atoms with van der Waals surface area (Å²) in [6.07, 6.45) is 4.56. The number of imidazole rings is 1. The van der Waals surface area contributed by atoms with Crippen molar-refractivity contribution in [3.8, 4) is 0 Å². The molecule has 0 saturated heterocycles. The van der Waals surface area contributed by atoms with Gasteiger partial charge < -0.3 is 5.32 Å². The van der Waals surface area contributed by atoms with Crippen LogP contribution < -0.4 is 10.0 Å². The van der Waals surface area contributed by atoms with E-state index >= 15 is 0 Å². The Bertz CT molecular complexity index is 1390. The topological polar surface area (TPSA) is 105 Å². The molecule has 0 spiro atoms. The van der Waals surface area contributed by atoms with Gasteiger partial charge in [0.2, 0.25) is 10.0 Å². The van der Waals surface area contributed by atoms with E-state index in [4.69, 9.17) is 0 Å². The minimum absolute atomic E-state index is 0.0389. The third kappa shape index (κ3) is 4.63. The summed E-state index contributed by atoms with van der Waals surface area (Å²) in [5, 5.41) is 2.80. The number of amides is 1. The highest BCUT2D eigenvalue weighted by atomic mass is 32.2. The second-order valence-electron chi connectivity index (χ2n) is 6.85. The molecule has 2 aromatic heterocycles. The average molecular weight is 457 g/mol. The summed E-state index contributed by atoms with van der Waals surface area (Å²) in [5.74, 6) is -2.67. The molecule has 164 valence electrons. The normalized spacial score (nSPS) is 11.6. The average Bonchev–Trinajstić information content (AvgIpc) is 3.23. The highest BCUT2D eigenvalue weighted by Crippen LogP contribution is 2.14. The molecule has 0 aliphatic rings. The summed E-state index contributed by atoms with van der Waals surface area (Å²) in [5.41, 5.74) is 2.42. The molecule has 32 heavy (non-hydrogen) atoms. The van der Waals surface area contributed by atoms with Crippen LogP contribution in [-0.4, -0.2) is 28.7 Å². The van der Waals surface area contributed by atoms with Gasteiger partial charge in [0.1, 0.15) is 17.7 Å². The first kappa shape index (κ1) is 21.5. The first-order valence-corrected chi connectivity index (χ1v) is 10.9. The van der Waals surface area contributed by atoms with E-state index in [0.717, 1.165) is 17.7 Å². The van der Waals surface area contributed by atoms with E-state index in [9.17, 15) is 22.0 Å². The van der Waals surface area contributed by atoms with Gasteiger partial charge in [-0.25, -0.2) is 31.9 Å². The third-order valence-electron chi connectivity index (χ3n) is 4.69. The van der Waals surface area contributed by atoms with Crippen LogP contribution >= 0.6 is 0 Å². The van der Waals surface area contributed by atoms with Gasteiger partial charge in [0, 0.05) is 19.3 Å². The highest BCUT2D eigenvalue weighted by molar-refractivity contribution is 7.89. The van der Waals surface area contributed by atoms with Crippen LogP contribution in [0.3, 0.4) is 0 Å². The first-order valence-electron chi connectivity index (χ1n) is 9.41. The van der Waals surface area contributed by atoms with E-state index in [1.807, 2.05) is 0 Å². The largest absolute Gasteiger partial charge is 0.347 e. The molecular formula is C21H17F2N5O3S. The minimum Gasteiger partial charge on any atom is -0.347 e. The van der Waals surface area contributed by atoms with Crippen molar-refractivity contribution >= 4 is 21.6 Å². The van der Waals surface area contributed by atoms with Crippen LogP contribution in [-0.2, 0) is 23.1 Å². The molecule has 0 aliphatic heterocycles. The van der Waals surface area contributed by atoms with Gasteiger partial charge in [-0.15, -0.1) is 0 Å². The van der Waals surface area contributed by atoms with Crippen molar-refractivity contribution < 1.29 is 22.0 Å². The summed E-state index contributed by atoms with van der Waals surface area (Å²) in [4.78, 5) is 20.2. The molecule has 8 nitrogen and oxygen atoms in total. The maximum atomic E-state index is 13.3. The summed E-state index contributed by atoms with van der Waals surface area (Å²) in [6, 6.07) is 11.0. The lowest BCUT2D eigenvalue weighted by Crippen LogP contribution is -2.24. The van der Waals surface area contributed by atoms with E-state index in [1.54, 1.807) is 40.9 Å². The molecule has 2 aromatic carbocycles. The number of carbonyl (C=O) groups excluding carboxylic acids is 1. The van der Waals surface area contributed by atoms with Crippen LogP contribution in [0, 0.1) is 11.6 Å². The predicted molar refractivity (Wildman–Crippen MR) is 111 cm³/mol.